The summed E-state index contributed by atoms with van der Waals surface area (Å²) in [5.41, 5.74) is 4.46. The summed E-state index contributed by atoms with van der Waals surface area (Å²) in [5, 5.41) is 11.1. The summed E-state index contributed by atoms with van der Waals surface area (Å²) in [6.07, 6.45) is 0. The number of benzene rings is 2. The molecule has 5 nitrogen and oxygen atoms in total. The van der Waals surface area contributed by atoms with Gasteiger partial charge in [0.15, 0.2) is 4.80 Å². The molecule has 2 aromatic carbocycles. The molecular formula is C20H21N3O2S. The lowest BCUT2D eigenvalue weighted by Gasteiger charge is -2.18. The van der Waals surface area contributed by atoms with Crippen LogP contribution in [0.25, 0.3) is 11.3 Å². The first-order valence-electron chi connectivity index (χ1n) is 8.34. The number of carboxylic acid groups (broad SMARTS) is 1. The fraction of sp³-hybridized carbons (Fsp3) is 0.200. The van der Waals surface area contributed by atoms with Crippen LogP contribution >= 0.6 is 11.3 Å². The number of thiazole rings is 1. The van der Waals surface area contributed by atoms with Crippen molar-refractivity contribution in [2.75, 3.05) is 19.0 Å². The Morgan fingerprint density at radius 2 is 1.85 bits per heavy atom. The molecule has 3 aromatic rings. The van der Waals surface area contributed by atoms with Crippen LogP contribution < -0.4 is 9.70 Å². The highest BCUT2D eigenvalue weighted by Gasteiger charge is 2.12. The molecular weight excluding hydrogens is 346 g/mol. The van der Waals surface area contributed by atoms with Crippen LogP contribution in [-0.2, 0) is 6.54 Å². The van der Waals surface area contributed by atoms with E-state index < -0.39 is 5.97 Å². The number of nitrogens with zero attached hydrogens (tertiary/aromatic N) is 3. The van der Waals surface area contributed by atoms with Crippen molar-refractivity contribution < 1.29 is 9.90 Å². The van der Waals surface area contributed by atoms with E-state index >= 15 is 0 Å². The van der Waals surface area contributed by atoms with Crippen LogP contribution in [-0.4, -0.2) is 29.7 Å². The van der Waals surface area contributed by atoms with Crippen molar-refractivity contribution in [3.05, 3.63) is 64.3 Å². The van der Waals surface area contributed by atoms with Crippen molar-refractivity contribution >= 4 is 28.7 Å². The third kappa shape index (κ3) is 3.55. The minimum Gasteiger partial charge on any atom is -0.478 e. The molecule has 1 N–H and O–H groups in total. The number of aromatic carboxylic acids is 1. The van der Waals surface area contributed by atoms with Gasteiger partial charge in [0.25, 0.3) is 0 Å². The maximum atomic E-state index is 11.0. The smallest absolute Gasteiger partial charge is 0.335 e. The lowest BCUT2D eigenvalue weighted by atomic mass is 10.1. The van der Waals surface area contributed by atoms with E-state index in [1.807, 2.05) is 26.2 Å². The Morgan fingerprint density at radius 1 is 1.15 bits per heavy atom. The van der Waals surface area contributed by atoms with Crippen LogP contribution in [0.3, 0.4) is 0 Å². The zero-order valence-electron chi connectivity index (χ0n) is 15.0. The van der Waals surface area contributed by atoms with E-state index in [0.717, 1.165) is 28.4 Å². The summed E-state index contributed by atoms with van der Waals surface area (Å²) < 4.78 is 2.18. The summed E-state index contributed by atoms with van der Waals surface area (Å²) in [6, 6.07) is 14.9. The van der Waals surface area contributed by atoms with Gasteiger partial charge in [-0.3, -0.25) is 0 Å². The molecule has 0 amide bonds. The maximum Gasteiger partial charge on any atom is 0.335 e. The summed E-state index contributed by atoms with van der Waals surface area (Å²) in [5.74, 6) is -0.932. The van der Waals surface area contributed by atoms with Gasteiger partial charge in [0.2, 0.25) is 0 Å². The van der Waals surface area contributed by atoms with Crippen LogP contribution in [0.15, 0.2) is 58.9 Å². The Hall–Kier alpha value is -2.86. The van der Waals surface area contributed by atoms with Gasteiger partial charge in [-0.2, -0.15) is 0 Å². The average Bonchev–Trinajstić information content (AvgIpc) is 3.04. The summed E-state index contributed by atoms with van der Waals surface area (Å²) in [7, 11) is 4.08. The zero-order chi connectivity index (χ0) is 18.7. The largest absolute Gasteiger partial charge is 0.478 e. The van der Waals surface area contributed by atoms with Gasteiger partial charge in [-0.1, -0.05) is 18.2 Å². The molecule has 1 aromatic heterocycles. The van der Waals surface area contributed by atoms with Crippen LogP contribution in [0.1, 0.15) is 17.3 Å². The molecule has 134 valence electrons. The minimum atomic E-state index is -0.932. The van der Waals surface area contributed by atoms with E-state index in [-0.39, 0.29) is 5.56 Å². The van der Waals surface area contributed by atoms with Crippen molar-refractivity contribution in [1.29, 1.82) is 0 Å². The first-order valence-corrected chi connectivity index (χ1v) is 9.22. The number of rotatable bonds is 5. The van der Waals surface area contributed by atoms with Crippen LogP contribution in [0.4, 0.5) is 11.4 Å². The van der Waals surface area contributed by atoms with E-state index in [1.165, 1.54) is 5.56 Å². The summed E-state index contributed by atoms with van der Waals surface area (Å²) in [6.45, 7) is 2.90. The Balaban J connectivity index is 2.08. The van der Waals surface area contributed by atoms with Gasteiger partial charge >= 0.3 is 5.97 Å². The molecule has 0 radical (unpaired) electrons. The van der Waals surface area contributed by atoms with Gasteiger partial charge in [-0.15, -0.1) is 11.3 Å². The van der Waals surface area contributed by atoms with Gasteiger partial charge in [0, 0.05) is 37.3 Å². The lowest BCUT2D eigenvalue weighted by Crippen LogP contribution is -2.16. The summed E-state index contributed by atoms with van der Waals surface area (Å²) >= 11 is 1.58. The molecule has 6 heteroatoms. The van der Waals surface area contributed by atoms with Crippen LogP contribution in [0.2, 0.25) is 0 Å². The number of carbonyl (C=O) groups is 1. The number of aromatic nitrogens is 1. The Morgan fingerprint density at radius 3 is 2.46 bits per heavy atom. The van der Waals surface area contributed by atoms with Crippen molar-refractivity contribution in [3.63, 3.8) is 0 Å². The monoisotopic (exact) mass is 367 g/mol. The second-order valence-corrected chi connectivity index (χ2v) is 6.86. The molecule has 0 unspecified atom stereocenters. The number of para-hydroxylation sites is 1. The standard InChI is InChI=1S/C20H21N3O2S/c1-4-23-18(16-7-5-6-8-17(16)22(2)3)13-26-20(23)21-15-11-9-14(10-12-15)19(24)25/h5-13H,4H2,1-3H3,(H,24,25)/b21-20-. The SMILES string of the molecule is CCn1c(-c2ccccc2N(C)C)cs/c1=N\c1ccc(C(=O)O)cc1. The molecule has 0 spiro atoms. The van der Waals surface area contributed by atoms with E-state index in [0.29, 0.717) is 0 Å². The third-order valence-electron chi connectivity index (χ3n) is 4.11. The first-order chi connectivity index (χ1) is 12.5. The van der Waals surface area contributed by atoms with Gasteiger partial charge in [0.05, 0.1) is 16.9 Å². The number of hydrogen-bond donors (Lipinski definition) is 1. The van der Waals surface area contributed by atoms with Gasteiger partial charge in [-0.05, 0) is 37.3 Å². The average molecular weight is 367 g/mol. The minimum absolute atomic E-state index is 0.263. The van der Waals surface area contributed by atoms with E-state index in [9.17, 15) is 4.79 Å². The zero-order valence-corrected chi connectivity index (χ0v) is 15.8. The van der Waals surface area contributed by atoms with Gasteiger partial charge < -0.3 is 14.6 Å². The van der Waals surface area contributed by atoms with Gasteiger partial charge in [0.1, 0.15) is 0 Å². The molecule has 0 bridgehead atoms. The second-order valence-electron chi connectivity index (χ2n) is 6.02. The molecule has 0 saturated heterocycles. The molecule has 1 heterocycles. The lowest BCUT2D eigenvalue weighted by molar-refractivity contribution is 0.0697. The van der Waals surface area contributed by atoms with E-state index in [1.54, 1.807) is 35.6 Å². The Kier molecular flexibility index (Phi) is 5.23. The highest BCUT2D eigenvalue weighted by atomic mass is 32.1. The molecule has 0 fully saturated rings. The van der Waals surface area contributed by atoms with Crippen molar-refractivity contribution in [2.24, 2.45) is 4.99 Å². The van der Waals surface area contributed by atoms with Crippen LogP contribution in [0.5, 0.6) is 0 Å². The second kappa shape index (κ2) is 7.58. The number of anilines is 1. The highest BCUT2D eigenvalue weighted by Crippen LogP contribution is 2.30. The molecule has 0 aliphatic heterocycles. The fourth-order valence-electron chi connectivity index (χ4n) is 2.81. The van der Waals surface area contributed by atoms with Crippen molar-refractivity contribution in [2.45, 2.75) is 13.5 Å². The molecule has 0 aliphatic rings. The van der Waals surface area contributed by atoms with Crippen molar-refractivity contribution in [1.82, 2.24) is 4.57 Å². The molecule has 0 atom stereocenters. The third-order valence-corrected chi connectivity index (χ3v) is 4.98. The van der Waals surface area contributed by atoms with Crippen molar-refractivity contribution in [3.8, 4) is 11.3 Å². The quantitative estimate of drug-likeness (QED) is 0.734. The van der Waals surface area contributed by atoms with Gasteiger partial charge in [-0.25, -0.2) is 9.79 Å². The predicted octanol–water partition coefficient (Wildman–Crippen LogP) is 4.23. The van der Waals surface area contributed by atoms with E-state index in [2.05, 4.69) is 33.9 Å². The highest BCUT2D eigenvalue weighted by molar-refractivity contribution is 7.07. The molecule has 26 heavy (non-hydrogen) atoms. The molecule has 0 saturated carbocycles. The first kappa shape index (κ1) is 17.9. The molecule has 0 aliphatic carbocycles. The number of hydrogen-bond acceptors (Lipinski definition) is 4. The topological polar surface area (TPSA) is 57.8 Å². The normalized spacial score (nSPS) is 11.6. The maximum absolute atomic E-state index is 11.0. The predicted molar refractivity (Wildman–Crippen MR) is 106 cm³/mol. The molecule has 3 rings (SSSR count). The fourth-order valence-corrected chi connectivity index (χ4v) is 3.79. The van der Waals surface area contributed by atoms with Crippen LogP contribution in [0, 0.1) is 0 Å². The number of carboxylic acids is 1. The Bertz CT molecular complexity index is 985. The van der Waals surface area contributed by atoms with E-state index in [4.69, 9.17) is 10.1 Å². The Labute approximate surface area is 156 Å². The summed E-state index contributed by atoms with van der Waals surface area (Å²) in [4.78, 5) is 18.7.